The van der Waals surface area contributed by atoms with Crippen molar-refractivity contribution in [1.82, 2.24) is 9.55 Å². The summed E-state index contributed by atoms with van der Waals surface area (Å²) in [6.45, 7) is 2.92. The second kappa shape index (κ2) is 5.68. The fourth-order valence-corrected chi connectivity index (χ4v) is 2.20. The number of nitrogens with two attached hydrogens (primary N) is 1. The van der Waals surface area contributed by atoms with Crippen LogP contribution in [-0.4, -0.2) is 46.4 Å². The molecular formula is C12H18FN3O5. The van der Waals surface area contributed by atoms with Crippen LogP contribution in [0.15, 0.2) is 11.0 Å². The zero-order chi connectivity index (χ0) is 15.8. The maximum absolute atomic E-state index is 13.6. The van der Waals surface area contributed by atoms with Crippen molar-refractivity contribution < 1.29 is 23.7 Å². The second-order valence-electron chi connectivity index (χ2n) is 5.11. The lowest BCUT2D eigenvalue weighted by atomic mass is 10.2. The van der Waals surface area contributed by atoms with Gasteiger partial charge in [-0.1, -0.05) is 0 Å². The summed E-state index contributed by atoms with van der Waals surface area (Å²) in [4.78, 5) is 15.3. The highest BCUT2D eigenvalue weighted by Gasteiger charge is 2.47. The number of rotatable bonds is 4. The quantitative estimate of drug-likeness (QED) is 0.780. The summed E-state index contributed by atoms with van der Waals surface area (Å²) in [7, 11) is 1.39. The molecular weight excluding hydrogens is 285 g/mol. The van der Waals surface area contributed by atoms with Crippen LogP contribution in [-0.2, 0) is 14.2 Å². The number of aliphatic hydroxyl groups is 1. The molecule has 21 heavy (non-hydrogen) atoms. The zero-order valence-electron chi connectivity index (χ0n) is 11.9. The van der Waals surface area contributed by atoms with Crippen molar-refractivity contribution in [1.29, 1.82) is 0 Å². The average molecular weight is 303 g/mol. The third-order valence-corrected chi connectivity index (χ3v) is 3.16. The fourth-order valence-electron chi connectivity index (χ4n) is 2.20. The topological polar surface area (TPSA) is 109 Å². The Hall–Kier alpha value is -1.55. The first-order valence-electron chi connectivity index (χ1n) is 6.32. The lowest BCUT2D eigenvalue weighted by Gasteiger charge is -2.24. The molecule has 0 spiro atoms. The van der Waals surface area contributed by atoms with Crippen molar-refractivity contribution >= 4 is 5.82 Å². The highest BCUT2D eigenvalue weighted by Crippen LogP contribution is 2.36. The highest BCUT2D eigenvalue weighted by atomic mass is 19.1. The average Bonchev–Trinajstić information content (AvgIpc) is 2.71. The van der Waals surface area contributed by atoms with Gasteiger partial charge < -0.3 is 25.1 Å². The number of anilines is 1. The number of nitrogen functional groups attached to an aromatic ring is 1. The van der Waals surface area contributed by atoms with E-state index >= 15 is 0 Å². The van der Waals surface area contributed by atoms with Crippen LogP contribution in [0, 0.1) is 5.82 Å². The van der Waals surface area contributed by atoms with Crippen molar-refractivity contribution in [2.45, 2.75) is 38.1 Å². The van der Waals surface area contributed by atoms with E-state index in [2.05, 4.69) is 4.98 Å². The van der Waals surface area contributed by atoms with Gasteiger partial charge in [-0.2, -0.15) is 4.98 Å². The molecule has 2 heterocycles. The van der Waals surface area contributed by atoms with Gasteiger partial charge in [-0.05, 0) is 13.8 Å². The van der Waals surface area contributed by atoms with E-state index < -0.39 is 41.5 Å². The summed E-state index contributed by atoms with van der Waals surface area (Å²) in [5.74, 6) is -2.37. The molecule has 118 valence electrons. The molecule has 2 rings (SSSR count). The van der Waals surface area contributed by atoms with E-state index in [9.17, 15) is 14.3 Å². The van der Waals surface area contributed by atoms with Crippen molar-refractivity contribution in [3.05, 3.63) is 22.5 Å². The fraction of sp³-hybridized carbons (Fsp3) is 0.667. The SMILES string of the molecule is COC(CO)[C@H]1OC(C)(C)O[C@H]1n1cc(F)c(N)nc1=O. The molecule has 1 aromatic heterocycles. The molecule has 0 saturated carbocycles. The molecule has 8 nitrogen and oxygen atoms in total. The third-order valence-electron chi connectivity index (χ3n) is 3.16. The Morgan fingerprint density at radius 1 is 1.62 bits per heavy atom. The molecule has 1 aromatic rings. The zero-order valence-corrected chi connectivity index (χ0v) is 11.9. The van der Waals surface area contributed by atoms with Crippen molar-refractivity contribution in [2.24, 2.45) is 0 Å². The number of aliphatic hydroxyl groups excluding tert-OH is 1. The molecule has 0 aliphatic carbocycles. The Balaban J connectivity index is 2.44. The summed E-state index contributed by atoms with van der Waals surface area (Å²) in [6, 6.07) is 0. The Bertz CT molecular complexity index is 573. The molecule has 3 N–H and O–H groups in total. The Labute approximate surface area is 120 Å². The van der Waals surface area contributed by atoms with Crippen LogP contribution < -0.4 is 11.4 Å². The Morgan fingerprint density at radius 2 is 2.29 bits per heavy atom. The van der Waals surface area contributed by atoms with E-state index in [1.807, 2.05) is 0 Å². The van der Waals surface area contributed by atoms with Gasteiger partial charge in [0.05, 0.1) is 12.8 Å². The predicted octanol–water partition coefficient (Wildman–Crippen LogP) is -0.378. The van der Waals surface area contributed by atoms with E-state index in [1.54, 1.807) is 13.8 Å². The standard InChI is InChI=1S/C12H18FN3O5/c1-12(2)20-8(7(5-17)19-3)10(21-12)16-4-6(13)9(14)15-11(16)18/h4,7-8,10,17H,5H2,1-3H3,(H2,14,15,18)/t7?,8-,10-/m1/s1. The van der Waals surface area contributed by atoms with Crippen LogP contribution in [0.3, 0.4) is 0 Å². The van der Waals surface area contributed by atoms with Gasteiger partial charge in [-0.3, -0.25) is 4.57 Å². The Kier molecular flexibility index (Phi) is 4.28. The van der Waals surface area contributed by atoms with E-state index in [0.717, 1.165) is 10.8 Å². The molecule has 1 fully saturated rings. The van der Waals surface area contributed by atoms with Crippen molar-refractivity contribution in [3.8, 4) is 0 Å². The van der Waals surface area contributed by atoms with Crippen molar-refractivity contribution in [3.63, 3.8) is 0 Å². The summed E-state index contributed by atoms with van der Waals surface area (Å²) in [6.07, 6.45) is -1.65. The molecule has 0 aromatic carbocycles. The van der Waals surface area contributed by atoms with Crippen LogP contribution in [0.5, 0.6) is 0 Å². The molecule has 1 aliphatic heterocycles. The molecule has 1 saturated heterocycles. The van der Waals surface area contributed by atoms with Crippen LogP contribution in [0.1, 0.15) is 20.1 Å². The van der Waals surface area contributed by atoms with E-state index in [4.69, 9.17) is 19.9 Å². The number of halogens is 1. The van der Waals surface area contributed by atoms with E-state index in [1.165, 1.54) is 7.11 Å². The maximum Gasteiger partial charge on any atom is 0.351 e. The summed E-state index contributed by atoms with van der Waals surface area (Å²) >= 11 is 0. The molecule has 0 radical (unpaired) electrons. The molecule has 3 atom stereocenters. The van der Waals surface area contributed by atoms with Crippen LogP contribution >= 0.6 is 0 Å². The monoisotopic (exact) mass is 303 g/mol. The summed E-state index contributed by atoms with van der Waals surface area (Å²) in [5.41, 5.74) is 4.47. The predicted molar refractivity (Wildman–Crippen MR) is 69.8 cm³/mol. The first-order valence-corrected chi connectivity index (χ1v) is 6.32. The molecule has 9 heteroatoms. The Morgan fingerprint density at radius 3 is 2.86 bits per heavy atom. The van der Waals surface area contributed by atoms with Gasteiger partial charge in [0, 0.05) is 7.11 Å². The van der Waals surface area contributed by atoms with Crippen molar-refractivity contribution in [2.75, 3.05) is 19.5 Å². The van der Waals surface area contributed by atoms with Crippen LogP contribution in [0.2, 0.25) is 0 Å². The normalized spacial score (nSPS) is 26.0. The number of methoxy groups -OCH3 is 1. The first kappa shape index (κ1) is 15.8. The van der Waals surface area contributed by atoms with Gasteiger partial charge in [0.15, 0.2) is 23.7 Å². The third kappa shape index (κ3) is 3.05. The number of hydrogen-bond donors (Lipinski definition) is 2. The molecule has 0 amide bonds. The lowest BCUT2D eigenvalue weighted by Crippen LogP contribution is -2.41. The largest absolute Gasteiger partial charge is 0.394 e. The molecule has 1 aliphatic rings. The smallest absolute Gasteiger partial charge is 0.351 e. The minimum atomic E-state index is -1.03. The maximum atomic E-state index is 13.6. The highest BCUT2D eigenvalue weighted by molar-refractivity contribution is 5.26. The van der Waals surface area contributed by atoms with Gasteiger partial charge in [-0.15, -0.1) is 0 Å². The number of nitrogens with zero attached hydrogens (tertiary/aromatic N) is 2. The lowest BCUT2D eigenvalue weighted by molar-refractivity contribution is -0.163. The van der Waals surface area contributed by atoms with Gasteiger partial charge in [0.25, 0.3) is 0 Å². The minimum Gasteiger partial charge on any atom is -0.394 e. The van der Waals surface area contributed by atoms with Gasteiger partial charge in [-0.25, -0.2) is 9.18 Å². The number of hydrogen-bond acceptors (Lipinski definition) is 7. The van der Waals surface area contributed by atoms with Gasteiger partial charge in [0.1, 0.15) is 12.2 Å². The van der Waals surface area contributed by atoms with E-state index in [0.29, 0.717) is 0 Å². The van der Waals surface area contributed by atoms with Gasteiger partial charge >= 0.3 is 5.69 Å². The van der Waals surface area contributed by atoms with Crippen LogP contribution in [0.4, 0.5) is 10.2 Å². The minimum absolute atomic E-state index is 0.350. The second-order valence-corrected chi connectivity index (χ2v) is 5.11. The summed E-state index contributed by atoms with van der Waals surface area (Å²) < 4.78 is 30.9. The molecule has 0 bridgehead atoms. The van der Waals surface area contributed by atoms with Crippen LogP contribution in [0.25, 0.3) is 0 Å². The molecule has 1 unspecified atom stereocenters. The number of aromatic nitrogens is 2. The first-order chi connectivity index (χ1) is 9.79. The summed E-state index contributed by atoms with van der Waals surface area (Å²) in [5, 5.41) is 9.33. The number of ether oxygens (including phenoxy) is 3. The van der Waals surface area contributed by atoms with E-state index in [-0.39, 0.29) is 6.61 Å². The van der Waals surface area contributed by atoms with Gasteiger partial charge in [0.2, 0.25) is 0 Å².